The number of imidazole rings is 1. The Morgan fingerprint density at radius 1 is 1.07 bits per heavy atom. The van der Waals surface area contributed by atoms with Crippen molar-refractivity contribution in [1.29, 1.82) is 0 Å². The lowest BCUT2D eigenvalue weighted by atomic mass is 9.68. The molecule has 0 bridgehead atoms. The van der Waals surface area contributed by atoms with E-state index in [0.29, 0.717) is 23.7 Å². The number of pyridine rings is 1. The first-order chi connectivity index (χ1) is 19.2. The number of halogens is 3. The van der Waals surface area contributed by atoms with Crippen molar-refractivity contribution in [2.24, 2.45) is 13.0 Å². The zero-order valence-corrected chi connectivity index (χ0v) is 23.0. The van der Waals surface area contributed by atoms with Crippen LogP contribution in [0.25, 0.3) is 11.2 Å². The number of nitrogens with zero attached hydrogens (tertiary/aromatic N) is 6. The molecule has 1 saturated heterocycles. The van der Waals surface area contributed by atoms with E-state index in [9.17, 15) is 18.0 Å². The molecule has 4 aromatic rings. The standard InChI is InChI=1S/C30H35F3N6O/c1-21-8-7-13-37(16-21)17-22-14-25(30(31,32)33)26-19-38(28(40)39(26)18-22)24-10-6-9-23(15-24)29(11-4-3-5-12-29)27-35-34-20-36(27)2/h6,9-10,14-15,18-21H,3-5,7-8,11-13,16-17H2,1-2H3/t21-/m0/s1. The average molecular weight is 553 g/mol. The molecule has 2 fully saturated rings. The van der Waals surface area contributed by atoms with Crippen molar-refractivity contribution in [2.45, 2.75) is 70.0 Å². The van der Waals surface area contributed by atoms with Crippen molar-refractivity contribution in [3.63, 3.8) is 0 Å². The smallest absolute Gasteiger partial charge is 0.320 e. The van der Waals surface area contributed by atoms with Crippen LogP contribution < -0.4 is 5.69 Å². The van der Waals surface area contributed by atoms with Crippen molar-refractivity contribution in [3.8, 4) is 5.69 Å². The summed E-state index contributed by atoms with van der Waals surface area (Å²) >= 11 is 0. The van der Waals surface area contributed by atoms with Crippen LogP contribution in [0.5, 0.6) is 0 Å². The molecule has 40 heavy (non-hydrogen) atoms. The number of fused-ring (bicyclic) bond motifs is 1. The highest BCUT2D eigenvalue weighted by Crippen LogP contribution is 2.44. The summed E-state index contributed by atoms with van der Waals surface area (Å²) in [4.78, 5) is 15.9. The van der Waals surface area contributed by atoms with Crippen molar-refractivity contribution in [2.75, 3.05) is 13.1 Å². The molecule has 0 radical (unpaired) electrons. The largest absolute Gasteiger partial charge is 0.418 e. The predicted octanol–water partition coefficient (Wildman–Crippen LogP) is 5.72. The Kier molecular flexibility index (Phi) is 6.84. The molecule has 3 aromatic heterocycles. The van der Waals surface area contributed by atoms with Gasteiger partial charge in [-0.05, 0) is 67.5 Å². The first kappa shape index (κ1) is 26.8. The second-order valence-corrected chi connectivity index (χ2v) is 11.7. The number of aryl methyl sites for hydroxylation is 1. The van der Waals surface area contributed by atoms with Crippen LogP contribution in [-0.4, -0.2) is 41.7 Å². The number of likely N-dealkylation sites (tertiary alicyclic amines) is 1. The van der Waals surface area contributed by atoms with E-state index in [1.54, 1.807) is 18.6 Å². The van der Waals surface area contributed by atoms with Gasteiger partial charge in [0.05, 0.1) is 22.2 Å². The Morgan fingerprint density at radius 2 is 1.88 bits per heavy atom. The highest BCUT2D eigenvalue weighted by atomic mass is 19.4. The molecule has 1 aromatic carbocycles. The Bertz CT molecular complexity index is 1580. The van der Waals surface area contributed by atoms with E-state index >= 15 is 0 Å². The molecule has 0 unspecified atom stereocenters. The maximum atomic E-state index is 14.3. The van der Waals surface area contributed by atoms with E-state index in [-0.39, 0.29) is 10.9 Å². The summed E-state index contributed by atoms with van der Waals surface area (Å²) in [6, 6.07) is 8.83. The van der Waals surface area contributed by atoms with Gasteiger partial charge in [0, 0.05) is 32.5 Å². The summed E-state index contributed by atoms with van der Waals surface area (Å²) < 4.78 is 47.3. The summed E-state index contributed by atoms with van der Waals surface area (Å²) in [7, 11) is 1.93. The number of aromatic nitrogens is 5. The van der Waals surface area contributed by atoms with Gasteiger partial charge in [0.1, 0.15) is 12.2 Å². The molecule has 7 nitrogen and oxygen atoms in total. The van der Waals surface area contributed by atoms with Gasteiger partial charge >= 0.3 is 11.9 Å². The fourth-order valence-electron chi connectivity index (χ4n) is 6.90. The van der Waals surface area contributed by atoms with E-state index in [4.69, 9.17) is 0 Å². The fourth-order valence-corrected chi connectivity index (χ4v) is 6.90. The lowest BCUT2D eigenvalue weighted by Gasteiger charge is -2.37. The van der Waals surface area contributed by atoms with Gasteiger partial charge in [-0.15, -0.1) is 10.2 Å². The van der Waals surface area contributed by atoms with Crippen molar-refractivity contribution >= 4 is 5.52 Å². The normalized spacial score (nSPS) is 20.3. The lowest BCUT2D eigenvalue weighted by Crippen LogP contribution is -2.34. The number of hydrogen-bond acceptors (Lipinski definition) is 4. The van der Waals surface area contributed by atoms with Gasteiger partial charge in [0.2, 0.25) is 0 Å². The zero-order chi connectivity index (χ0) is 28.1. The molecule has 0 amide bonds. The molecule has 1 aliphatic heterocycles. The van der Waals surface area contributed by atoms with Crippen molar-refractivity contribution in [1.82, 2.24) is 28.6 Å². The molecular formula is C30H35F3N6O. The minimum absolute atomic E-state index is 0.139. The van der Waals surface area contributed by atoms with E-state index < -0.39 is 17.4 Å². The fraction of sp³-hybridized carbons (Fsp3) is 0.500. The molecule has 2 aliphatic rings. The maximum Gasteiger partial charge on any atom is 0.418 e. The minimum atomic E-state index is -4.59. The average Bonchev–Trinajstić information content (AvgIpc) is 3.51. The summed E-state index contributed by atoms with van der Waals surface area (Å²) in [5, 5.41) is 8.58. The highest BCUT2D eigenvalue weighted by Gasteiger charge is 2.40. The second kappa shape index (κ2) is 10.2. The number of benzene rings is 1. The molecule has 212 valence electrons. The van der Waals surface area contributed by atoms with Crippen LogP contribution in [-0.2, 0) is 25.2 Å². The van der Waals surface area contributed by atoms with Crippen LogP contribution in [0.4, 0.5) is 13.2 Å². The Balaban J connectivity index is 1.45. The van der Waals surface area contributed by atoms with E-state index in [1.165, 1.54) is 16.8 Å². The van der Waals surface area contributed by atoms with Gasteiger partial charge < -0.3 is 4.57 Å². The third-order valence-electron chi connectivity index (χ3n) is 8.80. The Morgan fingerprint density at radius 3 is 2.58 bits per heavy atom. The SMILES string of the molecule is C[C@H]1CCCN(Cc2cc(C(F)(F)F)c3cn(-c4cccc(C5(c6nncn6C)CCCCC5)c4)c(=O)n3c2)C1. The van der Waals surface area contributed by atoms with Crippen LogP contribution in [0, 0.1) is 5.92 Å². The van der Waals surface area contributed by atoms with E-state index in [2.05, 4.69) is 22.0 Å². The summed E-state index contributed by atoms with van der Waals surface area (Å²) in [5.41, 5.74) is 0.229. The Labute approximate surface area is 231 Å². The number of hydrogen-bond donors (Lipinski definition) is 0. The number of piperidine rings is 1. The topological polar surface area (TPSA) is 60.4 Å². The van der Waals surface area contributed by atoms with Gasteiger partial charge in [-0.25, -0.2) is 4.79 Å². The molecule has 6 rings (SSSR count). The molecule has 1 atom stereocenters. The first-order valence-electron chi connectivity index (χ1n) is 14.2. The highest BCUT2D eigenvalue weighted by molar-refractivity contribution is 5.58. The van der Waals surface area contributed by atoms with E-state index in [0.717, 1.165) is 73.8 Å². The predicted molar refractivity (Wildman–Crippen MR) is 147 cm³/mol. The minimum Gasteiger partial charge on any atom is -0.320 e. The summed E-state index contributed by atoms with van der Waals surface area (Å²) in [6.07, 6.45) is 7.18. The van der Waals surface area contributed by atoms with Crippen LogP contribution in [0.3, 0.4) is 0 Å². The third-order valence-corrected chi connectivity index (χ3v) is 8.80. The molecule has 0 spiro atoms. The molecular weight excluding hydrogens is 517 g/mol. The molecule has 0 N–H and O–H groups in total. The van der Waals surface area contributed by atoms with Crippen LogP contribution >= 0.6 is 0 Å². The second-order valence-electron chi connectivity index (χ2n) is 11.7. The molecule has 1 aliphatic carbocycles. The monoisotopic (exact) mass is 552 g/mol. The van der Waals surface area contributed by atoms with Crippen molar-refractivity contribution < 1.29 is 13.2 Å². The number of alkyl halides is 3. The van der Waals surface area contributed by atoms with Gasteiger partial charge in [-0.1, -0.05) is 38.3 Å². The van der Waals surface area contributed by atoms with Gasteiger partial charge in [-0.3, -0.25) is 13.9 Å². The lowest BCUT2D eigenvalue weighted by molar-refractivity contribution is -0.136. The summed E-state index contributed by atoms with van der Waals surface area (Å²) in [5.74, 6) is 1.37. The number of rotatable bonds is 5. The molecule has 4 heterocycles. The first-order valence-corrected chi connectivity index (χ1v) is 14.2. The maximum absolute atomic E-state index is 14.3. The Hall–Kier alpha value is -3.40. The third kappa shape index (κ3) is 4.76. The van der Waals surface area contributed by atoms with Crippen molar-refractivity contribution in [3.05, 3.63) is 82.1 Å². The van der Waals surface area contributed by atoms with Crippen LogP contribution in [0.2, 0.25) is 0 Å². The van der Waals surface area contributed by atoms with Gasteiger partial charge in [-0.2, -0.15) is 13.2 Å². The van der Waals surface area contributed by atoms with Gasteiger partial charge in [0.15, 0.2) is 0 Å². The zero-order valence-electron chi connectivity index (χ0n) is 23.0. The van der Waals surface area contributed by atoms with Crippen LogP contribution in [0.15, 0.2) is 53.8 Å². The summed E-state index contributed by atoms with van der Waals surface area (Å²) in [6.45, 7) is 4.24. The quantitative estimate of drug-likeness (QED) is 0.318. The molecule has 1 saturated carbocycles. The van der Waals surface area contributed by atoms with E-state index in [1.807, 2.05) is 29.8 Å². The molecule has 10 heteroatoms. The van der Waals surface area contributed by atoms with Gasteiger partial charge in [0.25, 0.3) is 0 Å². The van der Waals surface area contributed by atoms with Crippen LogP contribution in [0.1, 0.15) is 74.4 Å².